The van der Waals surface area contributed by atoms with Gasteiger partial charge in [-0.1, -0.05) is 19.4 Å². The summed E-state index contributed by atoms with van der Waals surface area (Å²) in [6, 6.07) is 1.39. The molecule has 3 rings (SSSR count). The van der Waals surface area contributed by atoms with Crippen molar-refractivity contribution in [2.45, 2.75) is 70.1 Å². The Morgan fingerprint density at radius 3 is 2.21 bits per heavy atom. The third-order valence-electron chi connectivity index (χ3n) is 6.41. The zero-order valence-electron chi connectivity index (χ0n) is 19.2. The number of alkyl halides is 6. The van der Waals surface area contributed by atoms with Gasteiger partial charge in [0.2, 0.25) is 0 Å². The van der Waals surface area contributed by atoms with Crippen LogP contribution < -0.4 is 4.74 Å². The first kappa shape index (κ1) is 26.1. The van der Waals surface area contributed by atoms with Crippen molar-refractivity contribution in [1.82, 2.24) is 9.80 Å². The molecule has 0 atom stereocenters. The van der Waals surface area contributed by atoms with Gasteiger partial charge in [-0.2, -0.15) is 26.3 Å². The molecule has 0 aromatic heterocycles. The Hall–Kier alpha value is -2.50. The molecule has 0 radical (unpaired) electrons. The van der Waals surface area contributed by atoms with Crippen molar-refractivity contribution in [3.05, 3.63) is 28.8 Å². The number of fused-ring (bicyclic) bond motifs is 1. The molecule has 2 aliphatic rings. The monoisotopic (exact) mass is 496 g/mol. The zero-order chi connectivity index (χ0) is 25.7. The minimum atomic E-state index is -5.70. The number of hydrogen-bond acceptors (Lipinski definition) is 4. The first-order valence-corrected chi connectivity index (χ1v) is 10.8. The summed E-state index contributed by atoms with van der Waals surface area (Å²) in [5, 5.41) is 0. The number of rotatable bonds is 7. The van der Waals surface area contributed by atoms with Crippen LogP contribution in [0.25, 0.3) is 0 Å². The van der Waals surface area contributed by atoms with Gasteiger partial charge in [-0.3, -0.25) is 9.69 Å². The maximum absolute atomic E-state index is 13.6. The van der Waals surface area contributed by atoms with Gasteiger partial charge in [0.25, 0.3) is 11.5 Å². The minimum Gasteiger partial charge on any atom is -0.493 e. The quantitative estimate of drug-likeness (QED) is 0.305. The van der Waals surface area contributed by atoms with Gasteiger partial charge in [0.1, 0.15) is 11.3 Å². The van der Waals surface area contributed by atoms with Crippen molar-refractivity contribution >= 4 is 11.9 Å². The Bertz CT molecular complexity index is 959. The van der Waals surface area contributed by atoms with Crippen LogP contribution in [0.4, 0.5) is 31.1 Å². The number of nitrogens with zero attached hydrogens (tertiary/aromatic N) is 2. The molecule has 0 aliphatic carbocycles. The molecule has 34 heavy (non-hydrogen) atoms. The summed E-state index contributed by atoms with van der Waals surface area (Å²) in [6.45, 7) is 4.20. The minimum absolute atomic E-state index is 0.00124. The van der Waals surface area contributed by atoms with E-state index in [0.29, 0.717) is 6.42 Å². The molecule has 1 fully saturated rings. The van der Waals surface area contributed by atoms with E-state index in [2.05, 4.69) is 4.74 Å². The van der Waals surface area contributed by atoms with Crippen molar-refractivity contribution in [2.75, 3.05) is 20.2 Å². The molecule has 0 spiro atoms. The second kappa shape index (κ2) is 8.62. The predicted octanol–water partition coefficient (Wildman–Crippen LogP) is 4.93. The average Bonchev–Trinajstić information content (AvgIpc) is 3.20. The van der Waals surface area contributed by atoms with E-state index in [4.69, 9.17) is 4.74 Å². The van der Waals surface area contributed by atoms with Gasteiger partial charge in [0.05, 0.1) is 13.2 Å². The fourth-order valence-corrected chi connectivity index (χ4v) is 4.30. The van der Waals surface area contributed by atoms with E-state index >= 15 is 0 Å². The molecule has 2 aliphatic heterocycles. The number of likely N-dealkylation sites (N-methyl/N-ethyl adjacent to an activating group) is 1. The fraction of sp³-hybridized carbons (Fsp3) is 0.636. The zero-order valence-corrected chi connectivity index (χ0v) is 19.2. The van der Waals surface area contributed by atoms with Crippen LogP contribution in [-0.4, -0.2) is 59.8 Å². The molecule has 0 unspecified atom stereocenters. The van der Waals surface area contributed by atoms with E-state index in [-0.39, 0.29) is 48.8 Å². The summed E-state index contributed by atoms with van der Waals surface area (Å²) in [6.07, 6.45) is -10.5. The maximum atomic E-state index is 13.6. The normalized spacial score (nSPS) is 19.7. The molecule has 190 valence electrons. The van der Waals surface area contributed by atoms with Crippen molar-refractivity contribution in [2.24, 2.45) is 0 Å². The molecular formula is C22H26F6N2O4. The number of ether oxygens (including phenoxy) is 2. The number of amides is 3. The van der Waals surface area contributed by atoms with Gasteiger partial charge in [-0.15, -0.1) is 0 Å². The van der Waals surface area contributed by atoms with Crippen LogP contribution in [0.2, 0.25) is 0 Å². The van der Waals surface area contributed by atoms with E-state index in [0.717, 1.165) is 17.0 Å². The maximum Gasteiger partial charge on any atom is 0.430 e. The highest BCUT2D eigenvalue weighted by molar-refractivity contribution is 6.06. The molecule has 6 nitrogen and oxygen atoms in total. The van der Waals surface area contributed by atoms with E-state index in [9.17, 15) is 35.9 Å². The molecule has 3 amide bonds. The van der Waals surface area contributed by atoms with Gasteiger partial charge in [-0.25, -0.2) is 4.79 Å². The summed E-state index contributed by atoms with van der Waals surface area (Å²) in [4.78, 5) is 27.1. The summed E-state index contributed by atoms with van der Waals surface area (Å²) >= 11 is 0. The number of urea groups is 1. The first-order valence-electron chi connectivity index (χ1n) is 10.8. The lowest BCUT2D eigenvalue weighted by atomic mass is 9.87. The van der Waals surface area contributed by atoms with Crippen LogP contribution in [0, 0.1) is 0 Å². The van der Waals surface area contributed by atoms with Gasteiger partial charge < -0.3 is 14.4 Å². The Labute approximate surface area is 192 Å². The second-order valence-corrected chi connectivity index (χ2v) is 8.84. The lowest BCUT2D eigenvalue weighted by Gasteiger charge is -2.33. The Morgan fingerprint density at radius 2 is 1.71 bits per heavy atom. The van der Waals surface area contributed by atoms with E-state index < -0.39 is 41.7 Å². The molecule has 0 saturated carbocycles. The number of imide groups is 1. The molecule has 12 heteroatoms. The van der Waals surface area contributed by atoms with E-state index in [1.54, 1.807) is 20.8 Å². The van der Waals surface area contributed by atoms with Crippen molar-refractivity contribution in [3.63, 3.8) is 0 Å². The number of hydrogen-bond donors (Lipinski definition) is 0. The lowest BCUT2D eigenvalue weighted by Crippen LogP contribution is -2.53. The third kappa shape index (κ3) is 3.89. The van der Waals surface area contributed by atoms with Crippen LogP contribution in [0.5, 0.6) is 5.75 Å². The molecule has 2 heterocycles. The van der Waals surface area contributed by atoms with Crippen LogP contribution in [0.1, 0.15) is 50.3 Å². The SMILES string of the molecule is CCCc1c(OCCCN2C(=O)N(C)C(C)(C)C2=O)ccc2c1COC2(C(F)(F)F)C(F)(F)F. The van der Waals surface area contributed by atoms with Crippen LogP contribution >= 0.6 is 0 Å². The summed E-state index contributed by atoms with van der Waals surface area (Å²) in [5.74, 6) is -0.210. The molecule has 0 N–H and O–H groups in total. The first-order chi connectivity index (χ1) is 15.6. The van der Waals surface area contributed by atoms with Gasteiger partial charge in [0.15, 0.2) is 0 Å². The highest BCUT2D eigenvalue weighted by Gasteiger charge is 2.75. The Balaban J connectivity index is 1.80. The van der Waals surface area contributed by atoms with Gasteiger partial charge in [-0.05, 0) is 38.3 Å². The Morgan fingerprint density at radius 1 is 1.09 bits per heavy atom. The molecule has 1 saturated heterocycles. The molecule has 1 aromatic carbocycles. The highest BCUT2D eigenvalue weighted by atomic mass is 19.4. The topological polar surface area (TPSA) is 59.1 Å². The van der Waals surface area contributed by atoms with Crippen molar-refractivity contribution < 1.29 is 45.4 Å². The average molecular weight is 496 g/mol. The predicted molar refractivity (Wildman–Crippen MR) is 108 cm³/mol. The van der Waals surface area contributed by atoms with Crippen molar-refractivity contribution in [1.29, 1.82) is 0 Å². The van der Waals surface area contributed by atoms with E-state index in [1.807, 2.05) is 0 Å². The largest absolute Gasteiger partial charge is 0.493 e. The third-order valence-corrected chi connectivity index (χ3v) is 6.41. The fourth-order valence-electron chi connectivity index (χ4n) is 4.30. The van der Waals surface area contributed by atoms with E-state index in [1.165, 1.54) is 11.9 Å². The summed E-state index contributed by atoms with van der Waals surface area (Å²) in [5.41, 5.74) is -6.28. The number of carbonyl (C=O) groups is 2. The molecular weight excluding hydrogens is 470 g/mol. The molecule has 1 aromatic rings. The highest BCUT2D eigenvalue weighted by Crippen LogP contribution is 2.58. The lowest BCUT2D eigenvalue weighted by molar-refractivity contribution is -0.385. The Kier molecular flexibility index (Phi) is 6.62. The van der Waals surface area contributed by atoms with Crippen molar-refractivity contribution in [3.8, 4) is 5.75 Å². The van der Waals surface area contributed by atoms with Gasteiger partial charge in [0, 0.05) is 24.7 Å². The number of carbonyl (C=O) groups excluding carboxylic acids is 2. The number of benzene rings is 1. The summed E-state index contributed by atoms with van der Waals surface area (Å²) < 4.78 is 91.8. The van der Waals surface area contributed by atoms with Gasteiger partial charge >= 0.3 is 18.4 Å². The second-order valence-electron chi connectivity index (χ2n) is 8.84. The van der Waals surface area contributed by atoms with Crippen LogP contribution in [0.3, 0.4) is 0 Å². The smallest absolute Gasteiger partial charge is 0.430 e. The molecule has 0 bridgehead atoms. The standard InChI is InChI=1S/C22H26F6N2O4/c1-5-7-13-14-12-34-20(21(23,24)25,22(26,27)28)15(14)8-9-16(13)33-11-6-10-30-17(31)19(2,3)29(4)18(30)32/h8-9H,5-7,10-12H2,1-4H3. The summed E-state index contributed by atoms with van der Waals surface area (Å²) in [7, 11) is 1.52. The van der Waals surface area contributed by atoms with Crippen LogP contribution in [0.15, 0.2) is 12.1 Å². The number of halogens is 6. The van der Waals surface area contributed by atoms with Crippen LogP contribution in [-0.2, 0) is 28.2 Å².